The number of ether oxygens (including phenoxy) is 1. The zero-order valence-electron chi connectivity index (χ0n) is 9.91. The monoisotopic (exact) mass is 329 g/mol. The van der Waals surface area contributed by atoms with Crippen molar-refractivity contribution in [2.75, 3.05) is 24.6 Å². The van der Waals surface area contributed by atoms with Crippen molar-refractivity contribution in [1.29, 1.82) is 0 Å². The van der Waals surface area contributed by atoms with Crippen LogP contribution in [0.1, 0.15) is 0 Å². The number of nitrogens with two attached hydrogens (primary N) is 1. The number of carbonyl (C=O) groups excluding carboxylic acids is 1. The lowest BCUT2D eigenvalue weighted by atomic mass is 10.2. The third-order valence-electron chi connectivity index (χ3n) is 2.86. The molecule has 2 rings (SSSR count). The number of morpholine rings is 1. The van der Waals surface area contributed by atoms with Gasteiger partial charge in [0.2, 0.25) is 5.91 Å². The Hall–Kier alpha value is -1.67. The van der Waals surface area contributed by atoms with Gasteiger partial charge in [0.25, 0.3) is 5.69 Å². The molecule has 19 heavy (non-hydrogen) atoms. The second-order valence-electron chi connectivity index (χ2n) is 4.10. The molecular formula is C11H12BrN3O4. The van der Waals surface area contributed by atoms with Crippen LogP contribution in [0.25, 0.3) is 0 Å². The number of benzene rings is 1. The number of halogens is 1. The molecule has 102 valence electrons. The molecule has 0 unspecified atom stereocenters. The molecule has 1 aliphatic rings. The fourth-order valence-electron chi connectivity index (χ4n) is 1.94. The van der Waals surface area contributed by atoms with Gasteiger partial charge in [-0.15, -0.1) is 0 Å². The Labute approximate surface area is 117 Å². The van der Waals surface area contributed by atoms with Crippen LogP contribution in [-0.2, 0) is 9.53 Å². The van der Waals surface area contributed by atoms with E-state index in [4.69, 9.17) is 10.5 Å². The van der Waals surface area contributed by atoms with Crippen molar-refractivity contribution in [3.05, 3.63) is 32.8 Å². The summed E-state index contributed by atoms with van der Waals surface area (Å²) in [6.45, 7) is 0.991. The average Bonchev–Trinajstić information content (AvgIpc) is 2.38. The number of nitro groups is 1. The number of hydrogen-bond acceptors (Lipinski definition) is 5. The summed E-state index contributed by atoms with van der Waals surface area (Å²) in [5.41, 5.74) is 5.65. The van der Waals surface area contributed by atoms with Crippen LogP contribution in [0.4, 0.5) is 11.4 Å². The molecule has 1 aliphatic heterocycles. The Balaban J connectivity index is 2.32. The summed E-state index contributed by atoms with van der Waals surface area (Å²) in [5.74, 6) is -0.567. The second-order valence-corrected chi connectivity index (χ2v) is 5.01. The van der Waals surface area contributed by atoms with Crippen molar-refractivity contribution in [3.8, 4) is 0 Å². The van der Waals surface area contributed by atoms with Gasteiger partial charge in [0.15, 0.2) is 6.10 Å². The number of hydrogen-bond donors (Lipinski definition) is 1. The third-order valence-corrected chi connectivity index (χ3v) is 3.35. The smallest absolute Gasteiger partial charge is 0.292 e. The number of rotatable bonds is 3. The predicted octanol–water partition coefficient (Wildman–Crippen LogP) is 1.05. The lowest BCUT2D eigenvalue weighted by molar-refractivity contribution is -0.384. The van der Waals surface area contributed by atoms with E-state index in [1.165, 1.54) is 6.07 Å². The molecule has 0 radical (unpaired) electrons. The Kier molecular flexibility index (Phi) is 4.01. The van der Waals surface area contributed by atoms with Crippen molar-refractivity contribution >= 4 is 33.2 Å². The highest BCUT2D eigenvalue weighted by molar-refractivity contribution is 9.10. The number of amides is 1. The molecule has 0 spiro atoms. The Morgan fingerprint density at radius 3 is 2.95 bits per heavy atom. The molecule has 1 aromatic carbocycles. The molecule has 0 aromatic heterocycles. The van der Waals surface area contributed by atoms with Gasteiger partial charge in [-0.1, -0.05) is 15.9 Å². The van der Waals surface area contributed by atoms with E-state index >= 15 is 0 Å². The van der Waals surface area contributed by atoms with E-state index in [0.29, 0.717) is 18.8 Å². The van der Waals surface area contributed by atoms with Crippen LogP contribution in [0, 0.1) is 10.1 Å². The van der Waals surface area contributed by atoms with E-state index in [-0.39, 0.29) is 12.2 Å². The maximum atomic E-state index is 11.1. The topological polar surface area (TPSA) is 98.7 Å². The van der Waals surface area contributed by atoms with Crippen LogP contribution < -0.4 is 10.6 Å². The van der Waals surface area contributed by atoms with E-state index in [0.717, 1.165) is 4.47 Å². The lowest BCUT2D eigenvalue weighted by Gasteiger charge is -2.32. The number of nitrogens with zero attached hydrogens (tertiary/aromatic N) is 2. The van der Waals surface area contributed by atoms with Crippen LogP contribution in [0.15, 0.2) is 22.7 Å². The fraction of sp³-hybridized carbons (Fsp3) is 0.364. The second kappa shape index (κ2) is 5.54. The van der Waals surface area contributed by atoms with Crippen LogP contribution in [0.2, 0.25) is 0 Å². The van der Waals surface area contributed by atoms with E-state index in [1.807, 2.05) is 0 Å². The van der Waals surface area contributed by atoms with Crippen molar-refractivity contribution in [2.24, 2.45) is 5.73 Å². The van der Waals surface area contributed by atoms with Gasteiger partial charge in [0.05, 0.1) is 18.1 Å². The highest BCUT2D eigenvalue weighted by Crippen LogP contribution is 2.32. The molecule has 1 amide bonds. The molecule has 8 heteroatoms. The SMILES string of the molecule is NC(=O)[C@H]1CN(c2cc(Br)ccc2[N+](=O)[O-])CCO1. The summed E-state index contributed by atoms with van der Waals surface area (Å²) in [6.07, 6.45) is -0.743. The summed E-state index contributed by atoms with van der Waals surface area (Å²) < 4.78 is 5.96. The summed E-state index contributed by atoms with van der Waals surface area (Å²) in [4.78, 5) is 23.5. The van der Waals surface area contributed by atoms with Crippen LogP contribution in [0.3, 0.4) is 0 Å². The molecule has 1 saturated heterocycles. The van der Waals surface area contributed by atoms with Gasteiger partial charge in [-0.3, -0.25) is 14.9 Å². The first kappa shape index (κ1) is 13.8. The fourth-order valence-corrected chi connectivity index (χ4v) is 2.29. The molecule has 0 saturated carbocycles. The van der Waals surface area contributed by atoms with Crippen molar-refractivity contribution in [3.63, 3.8) is 0 Å². The van der Waals surface area contributed by atoms with E-state index in [2.05, 4.69) is 15.9 Å². The molecule has 7 nitrogen and oxygen atoms in total. The zero-order valence-corrected chi connectivity index (χ0v) is 11.5. The molecule has 1 heterocycles. The Morgan fingerprint density at radius 1 is 1.58 bits per heavy atom. The zero-order chi connectivity index (χ0) is 14.0. The van der Waals surface area contributed by atoms with Gasteiger partial charge >= 0.3 is 0 Å². The maximum Gasteiger partial charge on any atom is 0.292 e. The lowest BCUT2D eigenvalue weighted by Crippen LogP contribution is -2.48. The molecule has 2 N–H and O–H groups in total. The third kappa shape index (κ3) is 3.02. The van der Waals surface area contributed by atoms with Gasteiger partial charge in [0.1, 0.15) is 5.69 Å². The normalized spacial score (nSPS) is 19.2. The van der Waals surface area contributed by atoms with Crippen molar-refractivity contribution in [1.82, 2.24) is 0 Å². The van der Waals surface area contributed by atoms with E-state index in [9.17, 15) is 14.9 Å². The minimum absolute atomic E-state index is 0.00618. The Bertz CT molecular complexity index is 523. The summed E-state index contributed by atoms with van der Waals surface area (Å²) >= 11 is 3.28. The minimum Gasteiger partial charge on any atom is -0.367 e. The van der Waals surface area contributed by atoms with Gasteiger partial charge in [0, 0.05) is 17.1 Å². The molecule has 1 aromatic rings. The highest BCUT2D eigenvalue weighted by Gasteiger charge is 2.28. The first-order valence-corrected chi connectivity index (χ1v) is 6.38. The largest absolute Gasteiger partial charge is 0.367 e. The molecule has 0 bridgehead atoms. The summed E-state index contributed by atoms with van der Waals surface area (Å²) in [7, 11) is 0. The van der Waals surface area contributed by atoms with Gasteiger partial charge in [-0.05, 0) is 12.1 Å². The first-order chi connectivity index (χ1) is 8.99. The number of primary amides is 1. The minimum atomic E-state index is -0.743. The summed E-state index contributed by atoms with van der Waals surface area (Å²) in [5, 5.41) is 11.0. The predicted molar refractivity (Wildman–Crippen MR) is 71.9 cm³/mol. The molecule has 1 fully saturated rings. The molecule has 0 aliphatic carbocycles. The Morgan fingerprint density at radius 2 is 2.32 bits per heavy atom. The van der Waals surface area contributed by atoms with Crippen LogP contribution in [-0.4, -0.2) is 36.6 Å². The van der Waals surface area contributed by atoms with E-state index < -0.39 is 16.9 Å². The highest BCUT2D eigenvalue weighted by atomic mass is 79.9. The van der Waals surface area contributed by atoms with Crippen molar-refractivity contribution < 1.29 is 14.5 Å². The molecular weight excluding hydrogens is 318 g/mol. The molecule has 1 atom stereocenters. The van der Waals surface area contributed by atoms with Gasteiger partial charge < -0.3 is 15.4 Å². The van der Waals surface area contributed by atoms with Crippen molar-refractivity contribution in [2.45, 2.75) is 6.10 Å². The van der Waals surface area contributed by atoms with Crippen LogP contribution in [0.5, 0.6) is 0 Å². The van der Waals surface area contributed by atoms with E-state index in [1.54, 1.807) is 17.0 Å². The first-order valence-electron chi connectivity index (χ1n) is 5.59. The maximum absolute atomic E-state index is 11.1. The quantitative estimate of drug-likeness (QED) is 0.660. The van der Waals surface area contributed by atoms with Gasteiger partial charge in [-0.2, -0.15) is 0 Å². The summed E-state index contributed by atoms with van der Waals surface area (Å²) in [6, 6.07) is 4.68. The number of nitro benzene ring substituents is 1. The number of anilines is 1. The van der Waals surface area contributed by atoms with Crippen LogP contribution >= 0.6 is 15.9 Å². The standard InChI is InChI=1S/C11H12BrN3O4/c12-7-1-2-8(15(17)18)9(5-7)14-3-4-19-10(6-14)11(13)16/h1-2,5,10H,3-4,6H2,(H2,13,16)/t10-/m1/s1. The van der Waals surface area contributed by atoms with Gasteiger partial charge in [-0.25, -0.2) is 0 Å². The average molecular weight is 330 g/mol. The number of carbonyl (C=O) groups is 1.